The summed E-state index contributed by atoms with van der Waals surface area (Å²) in [5.41, 5.74) is 0.739. The van der Waals surface area contributed by atoms with Crippen LogP contribution in [0.4, 0.5) is 0 Å². The zero-order valence-electron chi connectivity index (χ0n) is 12.3. The van der Waals surface area contributed by atoms with Crippen molar-refractivity contribution in [2.75, 3.05) is 0 Å². The number of carbonyl (C=O) groups excluding carboxylic acids is 3. The molecule has 0 aliphatic carbocycles. The number of nitrogens with zero attached hydrogens (tertiary/aromatic N) is 2. The van der Waals surface area contributed by atoms with Gasteiger partial charge in [0.05, 0.1) is 0 Å². The molecule has 1 aromatic rings. The number of thioether (sulfide) groups is 1. The number of amidine groups is 1. The summed E-state index contributed by atoms with van der Waals surface area (Å²) in [5, 5.41) is 7.88. The van der Waals surface area contributed by atoms with Crippen molar-refractivity contribution in [1.82, 2.24) is 10.3 Å². The highest BCUT2D eigenvalue weighted by atomic mass is 32.2. The molecule has 1 atom stereocenters. The number of carbonyl (C=O) groups is 3. The number of hydrazone groups is 1. The van der Waals surface area contributed by atoms with Crippen molar-refractivity contribution in [3.05, 3.63) is 29.8 Å². The van der Waals surface area contributed by atoms with Gasteiger partial charge in [0.25, 0.3) is 0 Å². The Kier molecular flexibility index (Phi) is 4.81. The van der Waals surface area contributed by atoms with Gasteiger partial charge in [0.2, 0.25) is 11.8 Å². The predicted octanol–water partition coefficient (Wildman–Crippen LogP) is 1.61. The van der Waals surface area contributed by atoms with E-state index in [2.05, 4.69) is 10.4 Å². The summed E-state index contributed by atoms with van der Waals surface area (Å²) in [7, 11) is 0. The van der Waals surface area contributed by atoms with Crippen LogP contribution in [0.5, 0.6) is 5.75 Å². The molecule has 7 nitrogen and oxygen atoms in total. The summed E-state index contributed by atoms with van der Waals surface area (Å²) >= 11 is 1.24. The van der Waals surface area contributed by atoms with Crippen molar-refractivity contribution in [3.8, 4) is 5.75 Å². The zero-order valence-corrected chi connectivity index (χ0v) is 13.1. The smallest absolute Gasteiger partial charge is 0.308 e. The topological polar surface area (TPSA) is 88.1 Å². The van der Waals surface area contributed by atoms with Gasteiger partial charge in [-0.1, -0.05) is 23.9 Å². The lowest BCUT2D eigenvalue weighted by Crippen LogP contribution is -2.25. The normalized spacial score (nSPS) is 17.0. The molecule has 1 N–H and O–H groups in total. The number of rotatable bonds is 2. The number of nitrogens with one attached hydrogen (secondary N) is 1. The van der Waals surface area contributed by atoms with E-state index in [1.807, 2.05) is 0 Å². The van der Waals surface area contributed by atoms with Gasteiger partial charge in [-0.25, -0.2) is 5.01 Å². The maximum Gasteiger partial charge on any atom is 0.308 e. The third kappa shape index (κ3) is 3.85. The van der Waals surface area contributed by atoms with E-state index in [4.69, 9.17) is 4.74 Å². The molecule has 116 valence electrons. The monoisotopic (exact) mass is 321 g/mol. The molecular formula is C14H15N3O4S. The molecule has 0 spiro atoms. The average Bonchev–Trinajstić information content (AvgIpc) is 2.81. The molecule has 1 heterocycles. The second kappa shape index (κ2) is 6.61. The first kappa shape index (κ1) is 16.0. The van der Waals surface area contributed by atoms with Gasteiger partial charge in [-0.2, -0.15) is 0 Å². The van der Waals surface area contributed by atoms with Crippen LogP contribution in [0.3, 0.4) is 0 Å². The van der Waals surface area contributed by atoms with Crippen molar-refractivity contribution < 1.29 is 19.1 Å². The fourth-order valence-electron chi connectivity index (χ4n) is 1.88. The standard InChI is InChI=1S/C14H15N3O4S/c1-8(18)15-14-16-17(9(2)19)13(22-14)11-5-4-6-12(7-11)21-10(3)20/h4-7,13H,1-3H3,(H,15,16,18)/t13-/m1/s1. The predicted molar refractivity (Wildman–Crippen MR) is 81.9 cm³/mol. The fourth-order valence-corrected chi connectivity index (χ4v) is 3.00. The second-order valence-electron chi connectivity index (χ2n) is 4.59. The maximum atomic E-state index is 11.7. The van der Waals surface area contributed by atoms with E-state index in [1.54, 1.807) is 24.3 Å². The van der Waals surface area contributed by atoms with Gasteiger partial charge in [0, 0.05) is 20.8 Å². The van der Waals surface area contributed by atoms with Crippen LogP contribution in [0, 0.1) is 0 Å². The fraction of sp³-hybridized carbons (Fsp3) is 0.286. The van der Waals surface area contributed by atoms with Crippen molar-refractivity contribution in [2.45, 2.75) is 26.1 Å². The summed E-state index contributed by atoms with van der Waals surface area (Å²) < 4.78 is 5.04. The molecule has 0 saturated heterocycles. The highest BCUT2D eigenvalue weighted by molar-refractivity contribution is 8.14. The minimum atomic E-state index is -0.421. The molecule has 8 heteroatoms. The molecule has 0 fully saturated rings. The summed E-state index contributed by atoms with van der Waals surface area (Å²) in [6.07, 6.45) is 0. The molecule has 0 unspecified atom stereocenters. The number of hydrogen-bond acceptors (Lipinski definition) is 6. The lowest BCUT2D eigenvalue weighted by Gasteiger charge is -2.19. The van der Waals surface area contributed by atoms with Crippen LogP contribution in [-0.4, -0.2) is 28.0 Å². The third-order valence-corrected chi connectivity index (χ3v) is 3.76. The molecule has 2 rings (SSSR count). The van der Waals surface area contributed by atoms with Crippen LogP contribution < -0.4 is 10.1 Å². The Morgan fingerprint density at radius 2 is 2.00 bits per heavy atom. The Morgan fingerprint density at radius 1 is 1.27 bits per heavy atom. The van der Waals surface area contributed by atoms with Gasteiger partial charge < -0.3 is 10.1 Å². The van der Waals surface area contributed by atoms with Gasteiger partial charge in [-0.15, -0.1) is 5.10 Å². The van der Waals surface area contributed by atoms with Crippen molar-refractivity contribution in [3.63, 3.8) is 0 Å². The van der Waals surface area contributed by atoms with E-state index < -0.39 is 11.3 Å². The van der Waals surface area contributed by atoms with Crippen LogP contribution in [-0.2, 0) is 14.4 Å². The molecule has 0 radical (unpaired) electrons. The largest absolute Gasteiger partial charge is 0.427 e. The van der Waals surface area contributed by atoms with Crippen molar-refractivity contribution in [1.29, 1.82) is 0 Å². The Morgan fingerprint density at radius 3 is 2.59 bits per heavy atom. The van der Waals surface area contributed by atoms with E-state index in [1.165, 1.54) is 37.5 Å². The minimum absolute atomic E-state index is 0.254. The molecular weight excluding hydrogens is 306 g/mol. The van der Waals surface area contributed by atoms with Crippen molar-refractivity contribution >= 4 is 34.7 Å². The summed E-state index contributed by atoms with van der Waals surface area (Å²) in [5.74, 6) is -0.545. The van der Waals surface area contributed by atoms with Gasteiger partial charge in [0.1, 0.15) is 11.1 Å². The molecule has 0 aromatic heterocycles. The van der Waals surface area contributed by atoms with Crippen LogP contribution in [0.1, 0.15) is 31.7 Å². The lowest BCUT2D eigenvalue weighted by atomic mass is 10.2. The van der Waals surface area contributed by atoms with Gasteiger partial charge in [-0.05, 0) is 17.7 Å². The van der Waals surface area contributed by atoms with Gasteiger partial charge in [-0.3, -0.25) is 14.4 Å². The molecule has 22 heavy (non-hydrogen) atoms. The number of amides is 2. The molecule has 0 saturated carbocycles. The molecule has 0 bridgehead atoms. The molecule has 1 aromatic carbocycles. The second-order valence-corrected chi connectivity index (χ2v) is 5.66. The van der Waals surface area contributed by atoms with E-state index in [9.17, 15) is 14.4 Å². The van der Waals surface area contributed by atoms with Gasteiger partial charge in [0.15, 0.2) is 5.17 Å². The number of benzene rings is 1. The summed E-state index contributed by atoms with van der Waals surface area (Å²) in [6, 6.07) is 6.84. The quantitative estimate of drug-likeness (QED) is 0.660. The highest BCUT2D eigenvalue weighted by Crippen LogP contribution is 2.39. The Balaban J connectivity index is 2.25. The van der Waals surface area contributed by atoms with E-state index in [-0.39, 0.29) is 11.8 Å². The van der Waals surface area contributed by atoms with Crippen LogP contribution in [0.2, 0.25) is 0 Å². The first-order valence-electron chi connectivity index (χ1n) is 6.48. The highest BCUT2D eigenvalue weighted by Gasteiger charge is 2.32. The first-order valence-corrected chi connectivity index (χ1v) is 7.36. The molecule has 2 amide bonds. The summed E-state index contributed by atoms with van der Waals surface area (Å²) in [6.45, 7) is 4.08. The maximum absolute atomic E-state index is 11.7. The molecule has 1 aliphatic heterocycles. The Hall–Kier alpha value is -2.35. The average molecular weight is 321 g/mol. The third-order valence-electron chi connectivity index (χ3n) is 2.65. The minimum Gasteiger partial charge on any atom is -0.427 e. The van der Waals surface area contributed by atoms with Crippen LogP contribution >= 0.6 is 11.8 Å². The molecule has 1 aliphatic rings. The van der Waals surface area contributed by atoms with Crippen LogP contribution in [0.25, 0.3) is 0 Å². The number of hydrogen-bond donors (Lipinski definition) is 1. The van der Waals surface area contributed by atoms with Gasteiger partial charge >= 0.3 is 5.97 Å². The summed E-state index contributed by atoms with van der Waals surface area (Å²) in [4.78, 5) is 33.9. The first-order chi connectivity index (χ1) is 10.4. The van der Waals surface area contributed by atoms with E-state index >= 15 is 0 Å². The SMILES string of the molecule is CC(=O)NC1=NN(C(C)=O)[C@@H](c2cccc(OC(C)=O)c2)S1. The number of esters is 1. The Labute approximate surface area is 131 Å². The lowest BCUT2D eigenvalue weighted by molar-refractivity contribution is -0.132. The van der Waals surface area contributed by atoms with E-state index in [0.29, 0.717) is 10.9 Å². The van der Waals surface area contributed by atoms with E-state index in [0.717, 1.165) is 5.56 Å². The van der Waals surface area contributed by atoms with Crippen molar-refractivity contribution in [2.24, 2.45) is 5.10 Å². The van der Waals surface area contributed by atoms with Crippen LogP contribution in [0.15, 0.2) is 29.4 Å². The zero-order chi connectivity index (χ0) is 16.3. The Bertz CT molecular complexity index is 659. The number of ether oxygens (including phenoxy) is 1.